The van der Waals surface area contributed by atoms with Crippen LogP contribution in [0, 0.1) is 0 Å². The van der Waals surface area contributed by atoms with Crippen LogP contribution in [0.5, 0.6) is 0 Å². The second-order valence-electron chi connectivity index (χ2n) is 5.99. The maximum atomic E-state index is 12.3. The maximum Gasteiger partial charge on any atom is 0.327 e. The first kappa shape index (κ1) is 17.4. The first-order valence-electron chi connectivity index (χ1n) is 8.23. The molecular weight excluding hydrogens is 252 g/mol. The van der Waals surface area contributed by atoms with Crippen molar-refractivity contribution in [1.29, 1.82) is 0 Å². The van der Waals surface area contributed by atoms with Gasteiger partial charge < -0.3 is 10.1 Å². The number of nitrogens with one attached hydrogen (secondary N) is 1. The molecule has 1 heterocycles. The maximum absolute atomic E-state index is 12.3. The molecule has 0 aromatic rings. The Morgan fingerprint density at radius 2 is 2.10 bits per heavy atom. The molecule has 0 saturated carbocycles. The average molecular weight is 284 g/mol. The smallest absolute Gasteiger partial charge is 0.327 e. The third kappa shape index (κ3) is 4.74. The van der Waals surface area contributed by atoms with Gasteiger partial charge in [-0.1, -0.05) is 26.7 Å². The topological polar surface area (TPSA) is 41.6 Å². The summed E-state index contributed by atoms with van der Waals surface area (Å²) >= 11 is 0. The summed E-state index contributed by atoms with van der Waals surface area (Å²) in [7, 11) is 0. The Balaban J connectivity index is 2.73. The van der Waals surface area contributed by atoms with E-state index in [0.717, 1.165) is 19.6 Å². The van der Waals surface area contributed by atoms with E-state index in [0.29, 0.717) is 12.6 Å². The predicted molar refractivity (Wildman–Crippen MR) is 82.8 cm³/mol. The van der Waals surface area contributed by atoms with E-state index in [1.807, 2.05) is 20.8 Å². The minimum atomic E-state index is -0.589. The normalized spacial score (nSPS) is 23.3. The van der Waals surface area contributed by atoms with E-state index in [1.165, 1.54) is 32.1 Å². The number of esters is 1. The van der Waals surface area contributed by atoms with Gasteiger partial charge in [0, 0.05) is 12.6 Å². The quantitative estimate of drug-likeness (QED) is 0.696. The number of hydrogen-bond donors (Lipinski definition) is 1. The molecule has 0 aromatic heterocycles. The molecule has 2 atom stereocenters. The van der Waals surface area contributed by atoms with Gasteiger partial charge in [-0.3, -0.25) is 9.69 Å². The van der Waals surface area contributed by atoms with Gasteiger partial charge in [-0.15, -0.1) is 0 Å². The Labute approximate surface area is 124 Å². The van der Waals surface area contributed by atoms with Crippen LogP contribution in [0.4, 0.5) is 0 Å². The van der Waals surface area contributed by atoms with Crippen LogP contribution in [0.3, 0.4) is 0 Å². The van der Waals surface area contributed by atoms with E-state index >= 15 is 0 Å². The summed E-state index contributed by atoms with van der Waals surface area (Å²) in [5, 5.41) is 3.34. The Kier molecular flexibility index (Phi) is 7.52. The van der Waals surface area contributed by atoms with E-state index < -0.39 is 5.54 Å². The number of hydrogen-bond acceptors (Lipinski definition) is 4. The van der Waals surface area contributed by atoms with Gasteiger partial charge in [0.15, 0.2) is 0 Å². The number of carbonyl (C=O) groups excluding carboxylic acids is 1. The fraction of sp³-hybridized carbons (Fsp3) is 0.938. The molecule has 0 bridgehead atoms. The van der Waals surface area contributed by atoms with Crippen molar-refractivity contribution in [3.05, 3.63) is 0 Å². The Morgan fingerprint density at radius 3 is 2.70 bits per heavy atom. The molecule has 0 aromatic carbocycles. The molecule has 4 nitrogen and oxygen atoms in total. The molecule has 1 aliphatic rings. The van der Waals surface area contributed by atoms with Crippen LogP contribution < -0.4 is 5.32 Å². The second-order valence-corrected chi connectivity index (χ2v) is 5.99. The monoisotopic (exact) mass is 284 g/mol. The molecule has 1 N–H and O–H groups in total. The molecule has 0 radical (unpaired) electrons. The van der Waals surface area contributed by atoms with Gasteiger partial charge in [0.2, 0.25) is 0 Å². The van der Waals surface area contributed by atoms with E-state index in [2.05, 4.69) is 17.1 Å². The zero-order valence-corrected chi connectivity index (χ0v) is 13.7. The summed E-state index contributed by atoms with van der Waals surface area (Å²) in [6, 6.07) is 0.626. The lowest BCUT2D eigenvalue weighted by atomic mass is 9.94. The lowest BCUT2D eigenvalue weighted by Gasteiger charge is -2.41. The highest BCUT2D eigenvalue weighted by atomic mass is 16.5. The summed E-state index contributed by atoms with van der Waals surface area (Å²) in [6.07, 6.45) is 6.26. The SMILES string of the molecule is CCCC1CCCCN1CC(C)(NCC)C(=O)OCC. The lowest BCUT2D eigenvalue weighted by molar-refractivity contribution is -0.151. The first-order valence-corrected chi connectivity index (χ1v) is 8.23. The first-order chi connectivity index (χ1) is 9.57. The third-order valence-corrected chi connectivity index (χ3v) is 4.18. The largest absolute Gasteiger partial charge is 0.465 e. The summed E-state index contributed by atoms with van der Waals surface area (Å²) in [5.74, 6) is -0.123. The van der Waals surface area contributed by atoms with Crippen LogP contribution in [0.1, 0.15) is 59.8 Å². The molecular formula is C16H32N2O2. The van der Waals surface area contributed by atoms with Crippen molar-refractivity contribution in [2.75, 3.05) is 26.2 Å². The summed E-state index contributed by atoms with van der Waals surface area (Å²) < 4.78 is 5.27. The van der Waals surface area contributed by atoms with Gasteiger partial charge in [-0.2, -0.15) is 0 Å². The van der Waals surface area contributed by atoms with Crippen molar-refractivity contribution in [2.24, 2.45) is 0 Å². The molecule has 20 heavy (non-hydrogen) atoms. The minimum Gasteiger partial charge on any atom is -0.465 e. The van der Waals surface area contributed by atoms with Gasteiger partial charge in [0.05, 0.1) is 6.61 Å². The van der Waals surface area contributed by atoms with Crippen molar-refractivity contribution >= 4 is 5.97 Å². The Morgan fingerprint density at radius 1 is 1.35 bits per heavy atom. The van der Waals surface area contributed by atoms with Gasteiger partial charge >= 0.3 is 5.97 Å². The second kappa shape index (κ2) is 8.63. The molecule has 0 spiro atoms. The van der Waals surface area contributed by atoms with Crippen molar-refractivity contribution in [3.8, 4) is 0 Å². The fourth-order valence-electron chi connectivity index (χ4n) is 3.21. The molecule has 1 saturated heterocycles. The zero-order chi connectivity index (χ0) is 15.0. The highest BCUT2D eigenvalue weighted by molar-refractivity contribution is 5.80. The third-order valence-electron chi connectivity index (χ3n) is 4.18. The number of piperidine rings is 1. The van der Waals surface area contributed by atoms with E-state index in [1.54, 1.807) is 0 Å². The highest BCUT2D eigenvalue weighted by Gasteiger charge is 2.38. The fourth-order valence-corrected chi connectivity index (χ4v) is 3.21. The molecule has 0 aliphatic carbocycles. The van der Waals surface area contributed by atoms with E-state index in [9.17, 15) is 4.79 Å². The zero-order valence-electron chi connectivity index (χ0n) is 13.7. The van der Waals surface area contributed by atoms with Crippen molar-refractivity contribution in [1.82, 2.24) is 10.2 Å². The molecule has 2 unspecified atom stereocenters. The molecule has 118 valence electrons. The Hall–Kier alpha value is -0.610. The standard InChI is InChI=1S/C16H32N2O2/c1-5-10-14-11-8-9-12-18(14)13-16(4,17-6-2)15(19)20-7-3/h14,17H,5-13H2,1-4H3. The summed E-state index contributed by atoms with van der Waals surface area (Å²) in [5.41, 5.74) is -0.589. The van der Waals surface area contributed by atoms with Crippen LogP contribution in [0.25, 0.3) is 0 Å². The van der Waals surface area contributed by atoms with Crippen LogP contribution in [-0.4, -0.2) is 48.7 Å². The molecule has 4 heteroatoms. The average Bonchev–Trinajstić information content (AvgIpc) is 2.42. The van der Waals surface area contributed by atoms with Crippen LogP contribution in [0.15, 0.2) is 0 Å². The molecule has 1 fully saturated rings. The van der Waals surface area contributed by atoms with Crippen molar-refractivity contribution < 1.29 is 9.53 Å². The number of carbonyl (C=O) groups is 1. The minimum absolute atomic E-state index is 0.123. The molecule has 1 rings (SSSR count). The summed E-state index contributed by atoms with van der Waals surface area (Å²) in [6.45, 7) is 11.2. The number of likely N-dealkylation sites (tertiary alicyclic amines) is 1. The Bertz CT molecular complexity index is 294. The van der Waals surface area contributed by atoms with Crippen molar-refractivity contribution in [3.63, 3.8) is 0 Å². The molecule has 1 aliphatic heterocycles. The van der Waals surface area contributed by atoms with Crippen LogP contribution >= 0.6 is 0 Å². The van der Waals surface area contributed by atoms with Gasteiger partial charge in [-0.05, 0) is 46.2 Å². The number of nitrogens with zero attached hydrogens (tertiary/aromatic N) is 1. The van der Waals surface area contributed by atoms with Gasteiger partial charge in [0.1, 0.15) is 5.54 Å². The van der Waals surface area contributed by atoms with Crippen LogP contribution in [-0.2, 0) is 9.53 Å². The van der Waals surface area contributed by atoms with Crippen LogP contribution in [0.2, 0.25) is 0 Å². The number of likely N-dealkylation sites (N-methyl/N-ethyl adjacent to an activating group) is 1. The van der Waals surface area contributed by atoms with Gasteiger partial charge in [0.25, 0.3) is 0 Å². The number of rotatable bonds is 8. The predicted octanol–water partition coefficient (Wildman–Crippen LogP) is 2.57. The highest BCUT2D eigenvalue weighted by Crippen LogP contribution is 2.23. The number of ether oxygens (including phenoxy) is 1. The van der Waals surface area contributed by atoms with E-state index in [4.69, 9.17) is 4.74 Å². The lowest BCUT2D eigenvalue weighted by Crippen LogP contribution is -2.59. The van der Waals surface area contributed by atoms with E-state index in [-0.39, 0.29) is 5.97 Å². The summed E-state index contributed by atoms with van der Waals surface area (Å²) in [4.78, 5) is 14.8. The van der Waals surface area contributed by atoms with Crippen molar-refractivity contribution in [2.45, 2.75) is 71.4 Å². The molecule has 0 amide bonds. The van der Waals surface area contributed by atoms with Gasteiger partial charge in [-0.25, -0.2) is 0 Å².